The van der Waals surface area contributed by atoms with E-state index in [0.29, 0.717) is 31.1 Å². The lowest BCUT2D eigenvalue weighted by Crippen LogP contribution is -2.38. The number of thiazole rings is 1. The SMILES string of the molecule is CC(=O)Nc1nc2c(s1)-c1c(c(-c3ccc(C)nc3)nn1C1CCN(C(=O)O)CC1)CC2. The highest BCUT2D eigenvalue weighted by Crippen LogP contribution is 2.45. The monoisotopic (exact) mass is 452 g/mol. The zero-order valence-electron chi connectivity index (χ0n) is 18.0. The first-order chi connectivity index (χ1) is 15.4. The Morgan fingerprint density at radius 1 is 1.22 bits per heavy atom. The van der Waals surface area contributed by atoms with Crippen molar-refractivity contribution in [1.82, 2.24) is 24.6 Å². The molecule has 0 atom stereocenters. The van der Waals surface area contributed by atoms with Gasteiger partial charge in [0.25, 0.3) is 0 Å². The van der Waals surface area contributed by atoms with E-state index in [2.05, 4.69) is 20.0 Å². The van der Waals surface area contributed by atoms with Crippen LogP contribution in [-0.4, -0.2) is 54.8 Å². The maximum Gasteiger partial charge on any atom is 0.407 e. The van der Waals surface area contributed by atoms with Gasteiger partial charge in [-0.05, 0) is 44.7 Å². The Labute approximate surface area is 189 Å². The van der Waals surface area contributed by atoms with E-state index in [9.17, 15) is 14.7 Å². The van der Waals surface area contributed by atoms with Gasteiger partial charge in [-0.1, -0.05) is 11.3 Å². The van der Waals surface area contributed by atoms with Gasteiger partial charge in [-0.2, -0.15) is 5.10 Å². The Balaban J connectivity index is 1.60. The van der Waals surface area contributed by atoms with Crippen molar-refractivity contribution in [2.45, 2.75) is 45.6 Å². The summed E-state index contributed by atoms with van der Waals surface area (Å²) in [6.45, 7) is 4.42. The van der Waals surface area contributed by atoms with Crippen LogP contribution in [-0.2, 0) is 17.6 Å². The topological polar surface area (TPSA) is 113 Å². The Morgan fingerprint density at radius 3 is 2.66 bits per heavy atom. The smallest absolute Gasteiger partial charge is 0.407 e. The van der Waals surface area contributed by atoms with Crippen molar-refractivity contribution < 1.29 is 14.7 Å². The fourth-order valence-electron chi connectivity index (χ4n) is 4.51. The van der Waals surface area contributed by atoms with Crippen LogP contribution in [0.1, 0.15) is 42.8 Å². The van der Waals surface area contributed by atoms with Crippen molar-refractivity contribution in [3.8, 4) is 21.8 Å². The quantitative estimate of drug-likeness (QED) is 0.626. The summed E-state index contributed by atoms with van der Waals surface area (Å²) in [5.74, 6) is -0.141. The van der Waals surface area contributed by atoms with Gasteiger partial charge in [0.2, 0.25) is 5.91 Å². The number of anilines is 1. The van der Waals surface area contributed by atoms with E-state index in [-0.39, 0.29) is 11.9 Å². The molecule has 0 radical (unpaired) electrons. The number of carbonyl (C=O) groups is 2. The number of carboxylic acid groups (broad SMARTS) is 1. The Hall–Kier alpha value is -3.27. The summed E-state index contributed by atoms with van der Waals surface area (Å²) in [6, 6.07) is 4.14. The second kappa shape index (κ2) is 8.01. The Morgan fingerprint density at radius 2 is 2.00 bits per heavy atom. The largest absolute Gasteiger partial charge is 0.465 e. The van der Waals surface area contributed by atoms with Gasteiger partial charge in [0.1, 0.15) is 0 Å². The van der Waals surface area contributed by atoms with Crippen LogP contribution in [0.4, 0.5) is 9.93 Å². The third-order valence-electron chi connectivity index (χ3n) is 6.08. The number of hydrogen-bond acceptors (Lipinski definition) is 6. The zero-order chi connectivity index (χ0) is 22.4. The molecule has 0 spiro atoms. The highest BCUT2D eigenvalue weighted by Gasteiger charge is 2.33. The van der Waals surface area contributed by atoms with Gasteiger partial charge < -0.3 is 15.3 Å². The molecule has 2 N–H and O–H groups in total. The number of piperidine rings is 1. The summed E-state index contributed by atoms with van der Waals surface area (Å²) in [5, 5.41) is 17.8. The van der Waals surface area contributed by atoms with Gasteiger partial charge >= 0.3 is 6.09 Å². The molecule has 0 aromatic carbocycles. The molecule has 10 heteroatoms. The molecule has 1 aliphatic heterocycles. The molecular formula is C22H24N6O3S. The molecule has 0 saturated carbocycles. The van der Waals surface area contributed by atoms with Crippen molar-refractivity contribution in [2.24, 2.45) is 0 Å². The van der Waals surface area contributed by atoms with Crippen LogP contribution in [0.2, 0.25) is 0 Å². The number of hydrogen-bond donors (Lipinski definition) is 2. The molecule has 1 saturated heterocycles. The molecule has 5 rings (SSSR count). The van der Waals surface area contributed by atoms with Crippen molar-refractivity contribution >= 4 is 28.5 Å². The highest BCUT2D eigenvalue weighted by molar-refractivity contribution is 7.19. The molecule has 3 aromatic rings. The van der Waals surface area contributed by atoms with Gasteiger partial charge in [0.05, 0.1) is 28.0 Å². The third-order valence-corrected chi connectivity index (χ3v) is 7.10. The first-order valence-corrected chi connectivity index (χ1v) is 11.5. The van der Waals surface area contributed by atoms with Crippen molar-refractivity contribution in [1.29, 1.82) is 0 Å². The number of nitrogens with zero attached hydrogens (tertiary/aromatic N) is 5. The van der Waals surface area contributed by atoms with Gasteiger partial charge in [-0.25, -0.2) is 9.78 Å². The lowest BCUT2D eigenvalue weighted by molar-refractivity contribution is -0.114. The van der Waals surface area contributed by atoms with Gasteiger partial charge in [-0.15, -0.1) is 0 Å². The molecular weight excluding hydrogens is 428 g/mol. The molecule has 166 valence electrons. The number of nitrogens with one attached hydrogen (secondary N) is 1. The van der Waals surface area contributed by atoms with Crippen molar-refractivity contribution in [3.05, 3.63) is 35.3 Å². The second-order valence-electron chi connectivity index (χ2n) is 8.29. The number of aromatic nitrogens is 4. The Kier molecular flexibility index (Phi) is 5.16. The van der Waals surface area contributed by atoms with Gasteiger partial charge in [0, 0.05) is 43.0 Å². The van der Waals surface area contributed by atoms with Crippen LogP contribution in [0.15, 0.2) is 18.3 Å². The van der Waals surface area contributed by atoms with Crippen LogP contribution >= 0.6 is 11.3 Å². The molecule has 32 heavy (non-hydrogen) atoms. The zero-order valence-corrected chi connectivity index (χ0v) is 18.8. The van der Waals surface area contributed by atoms with Crippen molar-refractivity contribution in [2.75, 3.05) is 18.4 Å². The molecule has 3 aromatic heterocycles. The number of fused-ring (bicyclic) bond motifs is 3. The molecule has 9 nitrogen and oxygen atoms in total. The van der Waals surface area contributed by atoms with Crippen LogP contribution in [0.3, 0.4) is 0 Å². The molecule has 2 amide bonds. The fourth-order valence-corrected chi connectivity index (χ4v) is 5.63. The van der Waals surface area contributed by atoms with E-state index in [1.165, 1.54) is 28.7 Å². The summed E-state index contributed by atoms with van der Waals surface area (Å²) < 4.78 is 2.08. The van der Waals surface area contributed by atoms with Crippen LogP contribution in [0.5, 0.6) is 0 Å². The second-order valence-corrected chi connectivity index (χ2v) is 9.28. The van der Waals surface area contributed by atoms with Crippen LogP contribution in [0, 0.1) is 6.92 Å². The normalized spacial score (nSPS) is 15.9. The van der Waals surface area contributed by atoms with Gasteiger partial charge in [0.15, 0.2) is 5.13 Å². The molecule has 0 unspecified atom stereocenters. The first kappa shape index (κ1) is 20.6. The standard InChI is InChI=1S/C22H24N6O3S/c1-12-3-4-14(11-23-12)18-16-5-6-17-20(32-21(25-17)24-13(2)29)19(16)28(26-18)15-7-9-27(10-8-15)22(30)31/h3-4,11,15H,5-10H2,1-2H3,(H,30,31)(H,24,25,29). The number of amides is 2. The minimum Gasteiger partial charge on any atom is -0.465 e. The predicted molar refractivity (Wildman–Crippen MR) is 121 cm³/mol. The van der Waals surface area contributed by atoms with E-state index in [1.807, 2.05) is 25.3 Å². The summed E-state index contributed by atoms with van der Waals surface area (Å²) in [5.41, 5.74) is 6.04. The summed E-state index contributed by atoms with van der Waals surface area (Å²) in [6.07, 6.45) is 4.00. The van der Waals surface area contributed by atoms with Gasteiger partial charge in [-0.3, -0.25) is 14.5 Å². The number of aryl methyl sites for hydroxylation is 2. The fraction of sp³-hybridized carbons (Fsp3) is 0.409. The molecule has 1 aliphatic carbocycles. The molecule has 4 heterocycles. The lowest BCUT2D eigenvalue weighted by Gasteiger charge is -2.31. The number of likely N-dealkylation sites (tertiary alicyclic amines) is 1. The van der Waals surface area contributed by atoms with E-state index in [1.54, 1.807) is 0 Å². The number of rotatable bonds is 3. The maximum absolute atomic E-state index is 11.6. The third kappa shape index (κ3) is 3.64. The molecule has 2 aliphatic rings. The first-order valence-electron chi connectivity index (χ1n) is 10.7. The minimum absolute atomic E-state index is 0.101. The van der Waals surface area contributed by atoms with E-state index < -0.39 is 6.09 Å². The summed E-state index contributed by atoms with van der Waals surface area (Å²) >= 11 is 1.48. The Bertz CT molecular complexity index is 1190. The van der Waals surface area contributed by atoms with E-state index in [4.69, 9.17) is 5.10 Å². The van der Waals surface area contributed by atoms with E-state index in [0.717, 1.165) is 46.1 Å². The number of pyridine rings is 1. The van der Waals surface area contributed by atoms with Crippen molar-refractivity contribution in [3.63, 3.8) is 0 Å². The summed E-state index contributed by atoms with van der Waals surface area (Å²) in [7, 11) is 0. The molecule has 0 bridgehead atoms. The number of carbonyl (C=O) groups excluding carboxylic acids is 1. The summed E-state index contributed by atoms with van der Waals surface area (Å²) in [4.78, 5) is 34.5. The highest BCUT2D eigenvalue weighted by atomic mass is 32.1. The van der Waals surface area contributed by atoms with Crippen LogP contribution < -0.4 is 5.32 Å². The van der Waals surface area contributed by atoms with Crippen LogP contribution in [0.25, 0.3) is 21.8 Å². The average molecular weight is 453 g/mol. The maximum atomic E-state index is 11.6. The molecule has 1 fully saturated rings. The predicted octanol–water partition coefficient (Wildman–Crippen LogP) is 3.75. The lowest BCUT2D eigenvalue weighted by atomic mass is 9.95. The average Bonchev–Trinajstić information content (AvgIpc) is 3.34. The van der Waals surface area contributed by atoms with E-state index >= 15 is 0 Å². The minimum atomic E-state index is -0.873.